The number of morpholine rings is 1. The third-order valence-corrected chi connectivity index (χ3v) is 3.64. The number of nitrogens with one attached hydrogen (secondary N) is 2. The molecular formula is C16H35N3O. The van der Waals surface area contributed by atoms with Crippen LogP contribution in [0.15, 0.2) is 0 Å². The smallest absolute Gasteiger partial charge is 0.0594 e. The maximum Gasteiger partial charge on any atom is 0.0594 e. The Hall–Kier alpha value is -0.160. The highest BCUT2D eigenvalue weighted by atomic mass is 16.5. The zero-order valence-electron chi connectivity index (χ0n) is 14.2. The molecule has 0 aliphatic carbocycles. The molecule has 0 aromatic carbocycles. The van der Waals surface area contributed by atoms with Crippen molar-refractivity contribution in [3.05, 3.63) is 0 Å². The predicted octanol–water partition coefficient (Wildman–Crippen LogP) is 1.71. The van der Waals surface area contributed by atoms with Gasteiger partial charge in [0.05, 0.1) is 13.2 Å². The first-order valence-electron chi connectivity index (χ1n) is 8.16. The average Bonchev–Trinajstić information content (AvgIpc) is 2.36. The lowest BCUT2D eigenvalue weighted by atomic mass is 10.0. The van der Waals surface area contributed by atoms with Crippen LogP contribution in [0.4, 0.5) is 0 Å². The molecule has 1 aliphatic rings. The second-order valence-corrected chi connectivity index (χ2v) is 7.31. The van der Waals surface area contributed by atoms with E-state index in [4.69, 9.17) is 4.74 Å². The Morgan fingerprint density at radius 3 is 2.30 bits per heavy atom. The zero-order valence-corrected chi connectivity index (χ0v) is 14.2. The van der Waals surface area contributed by atoms with E-state index in [1.54, 1.807) is 0 Å². The summed E-state index contributed by atoms with van der Waals surface area (Å²) in [7, 11) is 0. The fourth-order valence-electron chi connectivity index (χ4n) is 2.64. The van der Waals surface area contributed by atoms with E-state index >= 15 is 0 Å². The first kappa shape index (κ1) is 17.9. The van der Waals surface area contributed by atoms with Crippen LogP contribution in [-0.4, -0.2) is 62.4 Å². The molecule has 1 rings (SSSR count). The van der Waals surface area contributed by atoms with Crippen LogP contribution in [-0.2, 0) is 4.74 Å². The van der Waals surface area contributed by atoms with E-state index in [9.17, 15) is 0 Å². The third kappa shape index (κ3) is 8.20. The normalized spacial score (nSPS) is 19.5. The van der Waals surface area contributed by atoms with Crippen molar-refractivity contribution in [2.45, 2.75) is 52.6 Å². The fourth-order valence-corrected chi connectivity index (χ4v) is 2.64. The van der Waals surface area contributed by atoms with Crippen molar-refractivity contribution in [2.75, 3.05) is 45.9 Å². The summed E-state index contributed by atoms with van der Waals surface area (Å²) in [6.45, 7) is 18.4. The summed E-state index contributed by atoms with van der Waals surface area (Å²) in [5.74, 6) is 0.748. The Morgan fingerprint density at radius 1 is 1.10 bits per heavy atom. The van der Waals surface area contributed by atoms with Crippen LogP contribution in [0, 0.1) is 5.92 Å². The van der Waals surface area contributed by atoms with Gasteiger partial charge in [0, 0.05) is 44.3 Å². The molecule has 1 heterocycles. The van der Waals surface area contributed by atoms with Crippen molar-refractivity contribution in [2.24, 2.45) is 5.92 Å². The minimum atomic E-state index is 0.212. The van der Waals surface area contributed by atoms with Crippen molar-refractivity contribution in [3.8, 4) is 0 Å². The van der Waals surface area contributed by atoms with Gasteiger partial charge >= 0.3 is 0 Å². The number of nitrogens with zero attached hydrogens (tertiary/aromatic N) is 1. The molecule has 1 atom stereocenters. The van der Waals surface area contributed by atoms with Gasteiger partial charge in [-0.05, 0) is 33.1 Å². The maximum atomic E-state index is 5.46. The molecule has 4 nitrogen and oxygen atoms in total. The van der Waals surface area contributed by atoms with E-state index in [-0.39, 0.29) is 5.54 Å². The molecule has 0 amide bonds. The standard InChI is InChI=1S/C16H35N3O/c1-14(2)12-15(19-8-10-20-11-9-19)13-17-6-7-18-16(3,4)5/h14-15,17-18H,6-13H2,1-5H3. The highest BCUT2D eigenvalue weighted by Crippen LogP contribution is 2.12. The van der Waals surface area contributed by atoms with Crippen LogP contribution < -0.4 is 10.6 Å². The minimum Gasteiger partial charge on any atom is -0.379 e. The number of ether oxygens (including phenoxy) is 1. The number of hydrogen-bond donors (Lipinski definition) is 2. The van der Waals surface area contributed by atoms with Gasteiger partial charge in [-0.3, -0.25) is 4.90 Å². The first-order valence-corrected chi connectivity index (χ1v) is 8.16. The summed E-state index contributed by atoms with van der Waals surface area (Å²) >= 11 is 0. The van der Waals surface area contributed by atoms with Gasteiger partial charge < -0.3 is 15.4 Å². The highest BCUT2D eigenvalue weighted by molar-refractivity contribution is 4.78. The lowest BCUT2D eigenvalue weighted by Gasteiger charge is -2.35. The van der Waals surface area contributed by atoms with Crippen molar-refractivity contribution in [1.29, 1.82) is 0 Å². The minimum absolute atomic E-state index is 0.212. The fraction of sp³-hybridized carbons (Fsp3) is 1.00. The molecule has 0 radical (unpaired) electrons. The van der Waals surface area contributed by atoms with E-state index < -0.39 is 0 Å². The summed E-state index contributed by atoms with van der Waals surface area (Å²) in [5.41, 5.74) is 0.212. The number of hydrogen-bond acceptors (Lipinski definition) is 4. The highest BCUT2D eigenvalue weighted by Gasteiger charge is 2.21. The maximum absolute atomic E-state index is 5.46. The summed E-state index contributed by atoms with van der Waals surface area (Å²) < 4.78 is 5.46. The third-order valence-electron chi connectivity index (χ3n) is 3.64. The van der Waals surface area contributed by atoms with Crippen LogP contribution in [0.2, 0.25) is 0 Å². The monoisotopic (exact) mass is 285 g/mol. The summed E-state index contributed by atoms with van der Waals surface area (Å²) in [6, 6.07) is 0.647. The zero-order chi connectivity index (χ0) is 15.0. The van der Waals surface area contributed by atoms with Gasteiger partial charge in [-0.15, -0.1) is 0 Å². The second kappa shape index (κ2) is 8.98. The van der Waals surface area contributed by atoms with Gasteiger partial charge in [0.15, 0.2) is 0 Å². The summed E-state index contributed by atoms with van der Waals surface area (Å²) in [5, 5.41) is 7.14. The van der Waals surface area contributed by atoms with Gasteiger partial charge in [-0.25, -0.2) is 0 Å². The molecule has 0 spiro atoms. The SMILES string of the molecule is CC(C)CC(CNCCNC(C)(C)C)N1CCOCC1. The average molecular weight is 285 g/mol. The first-order chi connectivity index (χ1) is 9.38. The van der Waals surface area contributed by atoms with Crippen LogP contribution in [0.1, 0.15) is 41.0 Å². The Balaban J connectivity index is 2.26. The molecule has 0 aromatic heterocycles. The quantitative estimate of drug-likeness (QED) is 0.666. The molecule has 20 heavy (non-hydrogen) atoms. The van der Waals surface area contributed by atoms with Gasteiger partial charge in [0.1, 0.15) is 0 Å². The molecule has 1 fully saturated rings. The Kier molecular flexibility index (Phi) is 8.03. The van der Waals surface area contributed by atoms with E-state index in [0.717, 1.165) is 51.9 Å². The lowest BCUT2D eigenvalue weighted by molar-refractivity contribution is 0.0124. The predicted molar refractivity (Wildman–Crippen MR) is 86.3 cm³/mol. The van der Waals surface area contributed by atoms with Gasteiger partial charge in [0.2, 0.25) is 0 Å². The van der Waals surface area contributed by atoms with Crippen LogP contribution in [0.5, 0.6) is 0 Å². The largest absolute Gasteiger partial charge is 0.379 e. The molecule has 120 valence electrons. The molecule has 2 N–H and O–H groups in total. The van der Waals surface area contributed by atoms with Gasteiger partial charge in [-0.2, -0.15) is 0 Å². The van der Waals surface area contributed by atoms with Crippen LogP contribution >= 0.6 is 0 Å². The lowest BCUT2D eigenvalue weighted by Crippen LogP contribution is -2.49. The Bertz CT molecular complexity index is 245. The molecule has 1 unspecified atom stereocenters. The Labute approximate surface area is 125 Å². The van der Waals surface area contributed by atoms with E-state index in [2.05, 4.69) is 50.2 Å². The van der Waals surface area contributed by atoms with Crippen molar-refractivity contribution < 1.29 is 4.74 Å². The molecule has 1 aliphatic heterocycles. The molecule has 1 saturated heterocycles. The molecule has 0 saturated carbocycles. The van der Waals surface area contributed by atoms with E-state index in [0.29, 0.717) is 6.04 Å². The summed E-state index contributed by atoms with van der Waals surface area (Å²) in [6.07, 6.45) is 1.26. The van der Waals surface area contributed by atoms with E-state index in [1.165, 1.54) is 6.42 Å². The van der Waals surface area contributed by atoms with Gasteiger partial charge in [0.25, 0.3) is 0 Å². The molecular weight excluding hydrogens is 250 g/mol. The summed E-state index contributed by atoms with van der Waals surface area (Å²) in [4.78, 5) is 2.59. The van der Waals surface area contributed by atoms with Crippen molar-refractivity contribution in [1.82, 2.24) is 15.5 Å². The molecule has 0 aromatic rings. The van der Waals surface area contributed by atoms with Crippen LogP contribution in [0.25, 0.3) is 0 Å². The van der Waals surface area contributed by atoms with Gasteiger partial charge in [-0.1, -0.05) is 13.8 Å². The topological polar surface area (TPSA) is 36.5 Å². The second-order valence-electron chi connectivity index (χ2n) is 7.31. The Morgan fingerprint density at radius 2 is 1.75 bits per heavy atom. The van der Waals surface area contributed by atoms with Crippen LogP contribution in [0.3, 0.4) is 0 Å². The molecule has 0 bridgehead atoms. The van der Waals surface area contributed by atoms with Crippen molar-refractivity contribution in [3.63, 3.8) is 0 Å². The van der Waals surface area contributed by atoms with Crippen molar-refractivity contribution >= 4 is 0 Å². The van der Waals surface area contributed by atoms with E-state index in [1.807, 2.05) is 0 Å². The number of rotatable bonds is 8. The molecule has 4 heteroatoms.